The van der Waals surface area contributed by atoms with Crippen molar-refractivity contribution in [2.45, 2.75) is 0 Å². The summed E-state index contributed by atoms with van der Waals surface area (Å²) in [6.45, 7) is 2.40. The second-order valence-electron chi connectivity index (χ2n) is 3.56. The van der Waals surface area contributed by atoms with E-state index in [0.717, 1.165) is 16.9 Å². The van der Waals surface area contributed by atoms with Gasteiger partial charge in [0, 0.05) is 20.1 Å². The molecule has 92 valence electrons. The van der Waals surface area contributed by atoms with E-state index < -0.39 is 0 Å². The van der Waals surface area contributed by atoms with Crippen molar-refractivity contribution in [1.29, 1.82) is 0 Å². The first-order valence-corrected chi connectivity index (χ1v) is 5.47. The van der Waals surface area contributed by atoms with E-state index in [1.54, 1.807) is 10.9 Å². The van der Waals surface area contributed by atoms with Gasteiger partial charge in [-0.2, -0.15) is 5.10 Å². The van der Waals surface area contributed by atoms with Crippen molar-refractivity contribution in [3.63, 3.8) is 0 Å². The number of nitrogens with zero attached hydrogens (tertiary/aromatic N) is 4. The third-order valence-electron chi connectivity index (χ3n) is 2.33. The Balaban J connectivity index is 1.99. The van der Waals surface area contributed by atoms with Crippen LogP contribution in [0.5, 0.6) is 0 Å². The molecule has 0 aromatic carbocycles. The standard InChI is InChI=1S/C10H16N6O/c1-16-10-8(6-15-16)9(13-7-14-10)12-3-5-17-4-2-11/h6-7H,2-5,11H2,1H3,(H,12,13,14). The fourth-order valence-electron chi connectivity index (χ4n) is 1.53. The zero-order chi connectivity index (χ0) is 12.1. The monoisotopic (exact) mass is 236 g/mol. The van der Waals surface area contributed by atoms with Crippen LogP contribution < -0.4 is 11.1 Å². The van der Waals surface area contributed by atoms with Gasteiger partial charge in [-0.3, -0.25) is 4.68 Å². The highest BCUT2D eigenvalue weighted by atomic mass is 16.5. The number of ether oxygens (including phenoxy) is 1. The van der Waals surface area contributed by atoms with Crippen LogP contribution in [0, 0.1) is 0 Å². The Labute approximate surface area is 99.0 Å². The van der Waals surface area contributed by atoms with Gasteiger partial charge in [-0.25, -0.2) is 9.97 Å². The van der Waals surface area contributed by atoms with Gasteiger partial charge >= 0.3 is 0 Å². The van der Waals surface area contributed by atoms with Gasteiger partial charge in [0.2, 0.25) is 0 Å². The lowest BCUT2D eigenvalue weighted by Gasteiger charge is -2.06. The number of hydrogen-bond donors (Lipinski definition) is 2. The van der Waals surface area contributed by atoms with Crippen LogP contribution in [0.3, 0.4) is 0 Å². The van der Waals surface area contributed by atoms with Gasteiger partial charge < -0.3 is 15.8 Å². The Morgan fingerprint density at radius 3 is 3.12 bits per heavy atom. The zero-order valence-corrected chi connectivity index (χ0v) is 9.76. The number of nitrogens with two attached hydrogens (primary N) is 1. The smallest absolute Gasteiger partial charge is 0.163 e. The minimum atomic E-state index is 0.542. The Hall–Kier alpha value is -1.73. The Morgan fingerprint density at radius 1 is 1.41 bits per heavy atom. The SMILES string of the molecule is Cn1ncc2c(NCCOCCN)ncnc21. The van der Waals surface area contributed by atoms with Crippen molar-refractivity contribution in [1.82, 2.24) is 19.7 Å². The van der Waals surface area contributed by atoms with Gasteiger partial charge in [0.05, 0.1) is 24.8 Å². The van der Waals surface area contributed by atoms with Gasteiger partial charge in [-0.15, -0.1) is 0 Å². The first-order chi connectivity index (χ1) is 8.33. The van der Waals surface area contributed by atoms with Crippen LogP contribution in [-0.2, 0) is 11.8 Å². The normalized spacial score (nSPS) is 10.9. The van der Waals surface area contributed by atoms with Gasteiger partial charge in [-0.05, 0) is 0 Å². The molecule has 0 spiro atoms. The molecule has 2 rings (SSSR count). The molecule has 0 aliphatic rings. The molecule has 0 aliphatic carbocycles. The third-order valence-corrected chi connectivity index (χ3v) is 2.33. The second-order valence-corrected chi connectivity index (χ2v) is 3.56. The average molecular weight is 236 g/mol. The van der Waals surface area contributed by atoms with Gasteiger partial charge in [0.15, 0.2) is 5.65 Å². The molecule has 17 heavy (non-hydrogen) atoms. The number of anilines is 1. The van der Waals surface area contributed by atoms with E-state index in [1.165, 1.54) is 6.33 Å². The predicted molar refractivity (Wildman–Crippen MR) is 64.7 cm³/mol. The van der Waals surface area contributed by atoms with E-state index in [9.17, 15) is 0 Å². The Bertz CT molecular complexity index is 483. The highest BCUT2D eigenvalue weighted by molar-refractivity contribution is 5.85. The summed E-state index contributed by atoms with van der Waals surface area (Å²) in [5, 5.41) is 8.24. The lowest BCUT2D eigenvalue weighted by Crippen LogP contribution is -2.15. The van der Waals surface area contributed by atoms with Gasteiger partial charge in [0.1, 0.15) is 12.1 Å². The van der Waals surface area contributed by atoms with Crippen molar-refractivity contribution in [3.8, 4) is 0 Å². The van der Waals surface area contributed by atoms with Crippen LogP contribution in [0.2, 0.25) is 0 Å². The summed E-state index contributed by atoms with van der Waals surface area (Å²) < 4.78 is 6.99. The number of aryl methyl sites for hydroxylation is 1. The second kappa shape index (κ2) is 5.55. The molecule has 7 heteroatoms. The van der Waals surface area contributed by atoms with Crippen LogP contribution in [0.25, 0.3) is 11.0 Å². The third kappa shape index (κ3) is 2.69. The molecular weight excluding hydrogens is 220 g/mol. The molecule has 0 unspecified atom stereocenters. The van der Waals surface area contributed by atoms with E-state index in [-0.39, 0.29) is 0 Å². The highest BCUT2D eigenvalue weighted by Gasteiger charge is 2.06. The number of rotatable bonds is 6. The van der Waals surface area contributed by atoms with Crippen LogP contribution in [0.1, 0.15) is 0 Å². The summed E-state index contributed by atoms with van der Waals surface area (Å²) >= 11 is 0. The summed E-state index contributed by atoms with van der Waals surface area (Å²) in [5.41, 5.74) is 6.13. The Morgan fingerprint density at radius 2 is 2.29 bits per heavy atom. The minimum Gasteiger partial charge on any atom is -0.378 e. The van der Waals surface area contributed by atoms with Crippen LogP contribution >= 0.6 is 0 Å². The molecule has 0 saturated heterocycles. The summed E-state index contributed by atoms with van der Waals surface area (Å²) in [6, 6.07) is 0. The lowest BCUT2D eigenvalue weighted by molar-refractivity contribution is 0.151. The maximum atomic E-state index is 5.32. The number of hydrogen-bond acceptors (Lipinski definition) is 6. The molecule has 0 fully saturated rings. The molecule has 0 saturated carbocycles. The predicted octanol–water partition coefficient (Wildman–Crippen LogP) is -0.249. The summed E-state index contributed by atoms with van der Waals surface area (Å²) in [5.74, 6) is 0.777. The van der Waals surface area contributed by atoms with Crippen molar-refractivity contribution in [2.75, 3.05) is 31.6 Å². The fraction of sp³-hybridized carbons (Fsp3) is 0.500. The number of fused-ring (bicyclic) bond motifs is 1. The largest absolute Gasteiger partial charge is 0.378 e. The van der Waals surface area contributed by atoms with E-state index in [0.29, 0.717) is 26.3 Å². The van der Waals surface area contributed by atoms with Gasteiger partial charge in [-0.1, -0.05) is 0 Å². The molecule has 0 aliphatic heterocycles. The molecule has 3 N–H and O–H groups in total. The van der Waals surface area contributed by atoms with E-state index >= 15 is 0 Å². The Kier molecular flexibility index (Phi) is 3.84. The molecule has 0 atom stereocenters. The van der Waals surface area contributed by atoms with E-state index in [1.807, 2.05) is 7.05 Å². The maximum Gasteiger partial charge on any atom is 0.163 e. The summed E-state index contributed by atoms with van der Waals surface area (Å²) in [6.07, 6.45) is 3.27. The number of nitrogens with one attached hydrogen (secondary N) is 1. The molecule has 2 heterocycles. The van der Waals surface area contributed by atoms with E-state index in [2.05, 4.69) is 20.4 Å². The van der Waals surface area contributed by atoms with E-state index in [4.69, 9.17) is 10.5 Å². The quantitative estimate of drug-likeness (QED) is 0.672. The van der Waals surface area contributed by atoms with Crippen molar-refractivity contribution >= 4 is 16.9 Å². The molecule has 7 nitrogen and oxygen atoms in total. The van der Waals surface area contributed by atoms with Crippen LogP contribution in [-0.4, -0.2) is 46.1 Å². The molecule has 2 aromatic heterocycles. The zero-order valence-electron chi connectivity index (χ0n) is 9.76. The maximum absolute atomic E-state index is 5.32. The molecule has 0 amide bonds. The van der Waals surface area contributed by atoms with Gasteiger partial charge in [0.25, 0.3) is 0 Å². The molecular formula is C10H16N6O. The van der Waals surface area contributed by atoms with Crippen LogP contribution in [0.15, 0.2) is 12.5 Å². The number of aromatic nitrogens is 4. The summed E-state index contributed by atoms with van der Waals surface area (Å²) in [7, 11) is 1.85. The average Bonchev–Trinajstić information content (AvgIpc) is 2.72. The topological polar surface area (TPSA) is 90.9 Å². The molecule has 0 bridgehead atoms. The molecule has 0 radical (unpaired) electrons. The lowest BCUT2D eigenvalue weighted by atomic mass is 10.4. The first-order valence-electron chi connectivity index (χ1n) is 5.47. The highest BCUT2D eigenvalue weighted by Crippen LogP contribution is 2.16. The first kappa shape index (κ1) is 11.7. The minimum absolute atomic E-state index is 0.542. The van der Waals surface area contributed by atoms with Crippen molar-refractivity contribution in [3.05, 3.63) is 12.5 Å². The van der Waals surface area contributed by atoms with Crippen molar-refractivity contribution in [2.24, 2.45) is 12.8 Å². The summed E-state index contributed by atoms with van der Waals surface area (Å²) in [4.78, 5) is 8.34. The van der Waals surface area contributed by atoms with Crippen molar-refractivity contribution < 1.29 is 4.74 Å². The molecule has 2 aromatic rings. The fourth-order valence-corrected chi connectivity index (χ4v) is 1.53. The van der Waals surface area contributed by atoms with Crippen LogP contribution in [0.4, 0.5) is 5.82 Å².